The highest BCUT2D eigenvalue weighted by atomic mass is 16.1. The lowest BCUT2D eigenvalue weighted by Crippen LogP contribution is -1.99. The first-order chi connectivity index (χ1) is 12.6. The second-order valence-electron chi connectivity index (χ2n) is 6.66. The van der Waals surface area contributed by atoms with E-state index in [0.29, 0.717) is 11.1 Å². The minimum Gasteiger partial charge on any atom is -0.289 e. The summed E-state index contributed by atoms with van der Waals surface area (Å²) < 4.78 is 0. The fraction of sp³-hybridized carbons (Fsp3) is 0.333. The van der Waals surface area contributed by atoms with Crippen LogP contribution in [-0.2, 0) is 12.8 Å². The van der Waals surface area contributed by atoms with Crippen molar-refractivity contribution in [2.75, 3.05) is 0 Å². The van der Waals surface area contributed by atoms with Gasteiger partial charge < -0.3 is 0 Å². The number of aryl methyl sites for hydroxylation is 2. The van der Waals surface area contributed by atoms with E-state index in [9.17, 15) is 9.59 Å². The number of rotatable bonds is 10. The van der Waals surface area contributed by atoms with Gasteiger partial charge in [0, 0.05) is 11.1 Å². The lowest BCUT2D eigenvalue weighted by molar-refractivity contribution is 0.102. The molecule has 0 aliphatic heterocycles. The van der Waals surface area contributed by atoms with Gasteiger partial charge in [0.15, 0.2) is 11.6 Å². The second-order valence-corrected chi connectivity index (χ2v) is 6.66. The summed E-state index contributed by atoms with van der Waals surface area (Å²) in [4.78, 5) is 24.5. The Labute approximate surface area is 157 Å². The highest BCUT2D eigenvalue weighted by molar-refractivity contribution is 6.11. The van der Waals surface area contributed by atoms with Crippen LogP contribution >= 0.6 is 0 Å². The Morgan fingerprint density at radius 3 is 1.31 bits per heavy atom. The number of ketones is 2. The van der Waals surface area contributed by atoms with E-state index < -0.39 is 0 Å². The standard InChI is InChI=1S/C24H28O2/c1-3-5-7-19-9-13-21(14-10-19)23(25)17-18-24(26)22-15-11-20(12-16-22)8-6-4-2/h9-18H,3-8H2,1-2H3/b18-17+. The van der Waals surface area contributed by atoms with Gasteiger partial charge in [-0.1, -0.05) is 75.2 Å². The zero-order valence-corrected chi connectivity index (χ0v) is 15.8. The molecule has 136 valence electrons. The molecule has 0 aliphatic rings. The van der Waals surface area contributed by atoms with Crippen molar-refractivity contribution in [2.24, 2.45) is 0 Å². The maximum absolute atomic E-state index is 12.2. The molecule has 0 radical (unpaired) electrons. The number of unbranched alkanes of at least 4 members (excludes halogenated alkanes) is 2. The molecule has 0 heterocycles. The van der Waals surface area contributed by atoms with Crippen LogP contribution in [0.4, 0.5) is 0 Å². The first kappa shape index (κ1) is 19.8. The van der Waals surface area contributed by atoms with Crippen LogP contribution in [-0.4, -0.2) is 11.6 Å². The highest BCUT2D eigenvalue weighted by Crippen LogP contribution is 2.11. The van der Waals surface area contributed by atoms with E-state index in [2.05, 4.69) is 13.8 Å². The third kappa shape index (κ3) is 6.11. The molecule has 2 aromatic carbocycles. The molecule has 0 unspecified atom stereocenters. The lowest BCUT2D eigenvalue weighted by Gasteiger charge is -2.02. The second kappa shape index (κ2) is 10.5. The van der Waals surface area contributed by atoms with Gasteiger partial charge in [-0.15, -0.1) is 0 Å². The number of hydrogen-bond acceptors (Lipinski definition) is 2. The Kier molecular flexibility index (Phi) is 8.01. The molecule has 2 heteroatoms. The van der Waals surface area contributed by atoms with E-state index in [1.807, 2.05) is 48.5 Å². The molecule has 26 heavy (non-hydrogen) atoms. The lowest BCUT2D eigenvalue weighted by atomic mass is 10.0. The molecule has 0 N–H and O–H groups in total. The number of hydrogen-bond donors (Lipinski definition) is 0. The van der Waals surface area contributed by atoms with Crippen LogP contribution < -0.4 is 0 Å². The predicted octanol–water partition coefficient (Wildman–Crippen LogP) is 5.99. The SMILES string of the molecule is CCCCc1ccc(C(=O)/C=C/C(=O)c2ccc(CCCC)cc2)cc1. The highest BCUT2D eigenvalue weighted by Gasteiger charge is 2.05. The number of benzene rings is 2. The van der Waals surface area contributed by atoms with E-state index in [0.717, 1.165) is 38.5 Å². The smallest absolute Gasteiger partial charge is 0.185 e. The summed E-state index contributed by atoms with van der Waals surface area (Å²) in [6.07, 6.45) is 9.43. The van der Waals surface area contributed by atoms with Gasteiger partial charge in [0.05, 0.1) is 0 Å². The maximum Gasteiger partial charge on any atom is 0.185 e. The zero-order chi connectivity index (χ0) is 18.8. The van der Waals surface area contributed by atoms with Crippen LogP contribution in [0.5, 0.6) is 0 Å². The average Bonchev–Trinajstić information content (AvgIpc) is 2.69. The van der Waals surface area contributed by atoms with Gasteiger partial charge in [-0.3, -0.25) is 9.59 Å². The van der Waals surface area contributed by atoms with Gasteiger partial charge in [0.1, 0.15) is 0 Å². The molecule has 0 amide bonds. The molecule has 2 aromatic rings. The number of allylic oxidation sites excluding steroid dienone is 2. The molecular weight excluding hydrogens is 320 g/mol. The summed E-state index contributed by atoms with van der Waals surface area (Å²) in [5, 5.41) is 0. The number of carbonyl (C=O) groups is 2. The molecule has 0 atom stereocenters. The van der Waals surface area contributed by atoms with E-state index in [1.165, 1.54) is 23.3 Å². The molecular formula is C24H28O2. The van der Waals surface area contributed by atoms with E-state index in [4.69, 9.17) is 0 Å². The first-order valence-electron chi connectivity index (χ1n) is 9.58. The van der Waals surface area contributed by atoms with Gasteiger partial charge in [-0.05, 0) is 49.0 Å². The molecule has 2 rings (SSSR count). The quantitative estimate of drug-likeness (QED) is 0.390. The van der Waals surface area contributed by atoms with Crippen molar-refractivity contribution in [3.05, 3.63) is 82.9 Å². The van der Waals surface area contributed by atoms with Crippen LogP contribution in [0.1, 0.15) is 71.4 Å². The molecule has 0 spiro atoms. The molecule has 2 nitrogen and oxygen atoms in total. The van der Waals surface area contributed by atoms with Crippen LogP contribution in [0.15, 0.2) is 60.7 Å². The summed E-state index contributed by atoms with van der Waals surface area (Å²) >= 11 is 0. The fourth-order valence-electron chi connectivity index (χ4n) is 2.78. The van der Waals surface area contributed by atoms with Crippen molar-refractivity contribution in [1.82, 2.24) is 0 Å². The average molecular weight is 348 g/mol. The van der Waals surface area contributed by atoms with Crippen molar-refractivity contribution in [1.29, 1.82) is 0 Å². The molecule has 0 aliphatic carbocycles. The number of carbonyl (C=O) groups excluding carboxylic acids is 2. The monoisotopic (exact) mass is 348 g/mol. The fourth-order valence-corrected chi connectivity index (χ4v) is 2.78. The van der Waals surface area contributed by atoms with Crippen molar-refractivity contribution >= 4 is 11.6 Å². The molecule has 0 saturated carbocycles. The third-order valence-electron chi connectivity index (χ3n) is 4.50. The van der Waals surface area contributed by atoms with Crippen LogP contribution in [0.2, 0.25) is 0 Å². The molecule has 0 aromatic heterocycles. The van der Waals surface area contributed by atoms with Gasteiger partial charge >= 0.3 is 0 Å². The summed E-state index contributed by atoms with van der Waals surface area (Å²) in [7, 11) is 0. The Balaban J connectivity index is 1.95. The molecule has 0 bridgehead atoms. The van der Waals surface area contributed by atoms with E-state index in [-0.39, 0.29) is 11.6 Å². The Bertz CT molecular complexity index is 671. The van der Waals surface area contributed by atoms with Gasteiger partial charge in [0.25, 0.3) is 0 Å². The van der Waals surface area contributed by atoms with Crippen molar-refractivity contribution in [3.63, 3.8) is 0 Å². The van der Waals surface area contributed by atoms with Crippen LogP contribution in [0.3, 0.4) is 0 Å². The van der Waals surface area contributed by atoms with Crippen molar-refractivity contribution in [3.8, 4) is 0 Å². The minimum atomic E-state index is -0.139. The van der Waals surface area contributed by atoms with E-state index in [1.54, 1.807) is 0 Å². The Morgan fingerprint density at radius 2 is 1.00 bits per heavy atom. The van der Waals surface area contributed by atoms with E-state index >= 15 is 0 Å². The van der Waals surface area contributed by atoms with Gasteiger partial charge in [-0.2, -0.15) is 0 Å². The van der Waals surface area contributed by atoms with Crippen LogP contribution in [0.25, 0.3) is 0 Å². The normalized spacial score (nSPS) is 11.0. The Morgan fingerprint density at radius 1 is 0.654 bits per heavy atom. The van der Waals surface area contributed by atoms with Crippen molar-refractivity contribution in [2.45, 2.75) is 52.4 Å². The summed E-state index contributed by atoms with van der Waals surface area (Å²) in [6, 6.07) is 15.3. The van der Waals surface area contributed by atoms with Gasteiger partial charge in [0.2, 0.25) is 0 Å². The molecule has 0 saturated heterocycles. The first-order valence-corrected chi connectivity index (χ1v) is 9.58. The van der Waals surface area contributed by atoms with Crippen molar-refractivity contribution < 1.29 is 9.59 Å². The maximum atomic E-state index is 12.2. The topological polar surface area (TPSA) is 34.1 Å². The minimum absolute atomic E-state index is 0.139. The summed E-state index contributed by atoms with van der Waals surface area (Å²) in [6.45, 7) is 4.33. The van der Waals surface area contributed by atoms with Crippen LogP contribution in [0, 0.1) is 0 Å². The Hall–Kier alpha value is -2.48. The predicted molar refractivity (Wildman–Crippen MR) is 108 cm³/mol. The zero-order valence-electron chi connectivity index (χ0n) is 15.8. The summed E-state index contributed by atoms with van der Waals surface area (Å²) in [5.74, 6) is -0.278. The van der Waals surface area contributed by atoms with Gasteiger partial charge in [-0.25, -0.2) is 0 Å². The molecule has 0 fully saturated rings. The largest absolute Gasteiger partial charge is 0.289 e. The summed E-state index contributed by atoms with van der Waals surface area (Å²) in [5.41, 5.74) is 3.71. The third-order valence-corrected chi connectivity index (χ3v) is 4.50.